The lowest BCUT2D eigenvalue weighted by Gasteiger charge is -2.27. The van der Waals surface area contributed by atoms with Gasteiger partial charge in [-0.25, -0.2) is 0 Å². The maximum Gasteiger partial charge on any atom is 0.241 e. The van der Waals surface area contributed by atoms with Gasteiger partial charge in [-0.3, -0.25) is 15.5 Å². The van der Waals surface area contributed by atoms with Crippen LogP contribution >= 0.6 is 0 Å². The molecule has 22 heavy (non-hydrogen) atoms. The normalized spacial score (nSPS) is 12.9. The number of amides is 1. The highest BCUT2D eigenvalue weighted by molar-refractivity contribution is 5.74. The van der Waals surface area contributed by atoms with Crippen LogP contribution in [0.2, 0.25) is 0 Å². The number of hydrogen-bond donors (Lipinski definition) is 0. The van der Waals surface area contributed by atoms with Gasteiger partial charge in [0.1, 0.15) is 0 Å². The maximum absolute atomic E-state index is 11.2. The van der Waals surface area contributed by atoms with E-state index in [2.05, 4.69) is 4.98 Å². The molecule has 4 nitrogen and oxygen atoms in total. The number of hydrogen-bond acceptors (Lipinski definition) is 3. The number of carbonyl (C=O) groups is 1. The monoisotopic (exact) mass is 297 g/mol. The Bertz CT molecular complexity index is 633. The van der Waals surface area contributed by atoms with E-state index in [1.807, 2.05) is 57.2 Å². The van der Waals surface area contributed by atoms with Gasteiger partial charge in [-0.05, 0) is 32.4 Å². The van der Waals surface area contributed by atoms with Gasteiger partial charge in [0, 0.05) is 23.5 Å². The molecule has 1 unspecified atom stereocenters. The molecule has 2 aromatic rings. The summed E-state index contributed by atoms with van der Waals surface area (Å²) in [5, 5.41) is 0. The molecule has 1 atom stereocenters. The van der Waals surface area contributed by atoms with Crippen LogP contribution in [-0.4, -0.2) is 16.5 Å². The molecule has 1 radical (unpaired) electrons. The molecule has 1 N–H and O–H groups in total. The van der Waals surface area contributed by atoms with Crippen LogP contribution in [0.1, 0.15) is 38.9 Å². The molecule has 0 aliphatic rings. The molecule has 1 aromatic carbocycles. The summed E-state index contributed by atoms with van der Waals surface area (Å²) in [7, 11) is 0. The van der Waals surface area contributed by atoms with E-state index in [-0.39, 0.29) is 6.42 Å². The van der Waals surface area contributed by atoms with Crippen molar-refractivity contribution in [1.29, 1.82) is 0 Å². The van der Waals surface area contributed by atoms with Crippen molar-refractivity contribution < 1.29 is 9.53 Å². The van der Waals surface area contributed by atoms with Crippen molar-refractivity contribution in [2.45, 2.75) is 38.9 Å². The molecule has 4 heteroatoms. The van der Waals surface area contributed by atoms with Gasteiger partial charge >= 0.3 is 0 Å². The first-order valence-electron chi connectivity index (χ1n) is 7.28. The molecule has 0 fully saturated rings. The van der Waals surface area contributed by atoms with Gasteiger partial charge in [-0.1, -0.05) is 30.3 Å². The second-order valence-electron chi connectivity index (χ2n) is 6.22. The van der Waals surface area contributed by atoms with Gasteiger partial charge in [0.2, 0.25) is 5.91 Å². The molecule has 1 amide bonds. The Balaban J connectivity index is 2.33. The van der Waals surface area contributed by atoms with Crippen molar-refractivity contribution in [3.8, 4) is 11.1 Å². The fourth-order valence-electron chi connectivity index (χ4n) is 2.25. The van der Waals surface area contributed by atoms with Gasteiger partial charge in [0.25, 0.3) is 0 Å². The number of nitrogens with one attached hydrogen (secondary N) is 1. The number of nitrogens with zero attached hydrogens (tertiary/aromatic N) is 1. The van der Waals surface area contributed by atoms with Crippen LogP contribution in [0.25, 0.3) is 11.1 Å². The lowest BCUT2D eigenvalue weighted by Crippen LogP contribution is -2.24. The van der Waals surface area contributed by atoms with Crippen molar-refractivity contribution in [3.63, 3.8) is 0 Å². The number of aromatic nitrogens is 1. The molecule has 0 saturated heterocycles. The van der Waals surface area contributed by atoms with Crippen LogP contribution in [0.3, 0.4) is 0 Å². The van der Waals surface area contributed by atoms with E-state index >= 15 is 0 Å². The summed E-state index contributed by atoms with van der Waals surface area (Å²) in [5.41, 5.74) is 9.69. The average Bonchev–Trinajstić information content (AvgIpc) is 2.46. The Labute approximate surface area is 131 Å². The molecule has 0 saturated carbocycles. The summed E-state index contributed by atoms with van der Waals surface area (Å²) < 4.78 is 5.94. The summed E-state index contributed by atoms with van der Waals surface area (Å²) in [4.78, 5) is 15.5. The van der Waals surface area contributed by atoms with E-state index in [0.717, 1.165) is 16.7 Å². The molecular weight excluding hydrogens is 276 g/mol. The molecule has 0 aliphatic carbocycles. The molecule has 1 heterocycles. The van der Waals surface area contributed by atoms with Crippen LogP contribution in [0.15, 0.2) is 48.8 Å². The van der Waals surface area contributed by atoms with Gasteiger partial charge in [0.05, 0.1) is 18.1 Å². The first-order valence-corrected chi connectivity index (χ1v) is 7.28. The lowest BCUT2D eigenvalue weighted by molar-refractivity contribution is -0.125. The molecule has 2 rings (SSSR count). The fraction of sp³-hybridized carbons (Fsp3) is 0.333. The Kier molecular flexibility index (Phi) is 4.93. The molecule has 0 bridgehead atoms. The number of rotatable bonds is 5. The van der Waals surface area contributed by atoms with Gasteiger partial charge < -0.3 is 4.74 Å². The molecule has 0 aliphatic heterocycles. The van der Waals surface area contributed by atoms with Crippen molar-refractivity contribution >= 4 is 5.91 Å². The highest BCUT2D eigenvalue weighted by Crippen LogP contribution is 2.29. The van der Waals surface area contributed by atoms with Crippen molar-refractivity contribution in [1.82, 2.24) is 10.7 Å². The Morgan fingerprint density at radius 3 is 2.45 bits per heavy atom. The second kappa shape index (κ2) is 6.71. The summed E-state index contributed by atoms with van der Waals surface area (Å²) in [6.07, 6.45) is 3.06. The third kappa shape index (κ3) is 4.67. The van der Waals surface area contributed by atoms with Crippen LogP contribution in [0, 0.1) is 0 Å². The smallest absolute Gasteiger partial charge is 0.241 e. The zero-order chi connectivity index (χ0) is 16.2. The minimum absolute atomic E-state index is 0.0250. The van der Waals surface area contributed by atoms with Crippen LogP contribution in [0.5, 0.6) is 0 Å². The number of ether oxygens (including phenoxy) is 1. The summed E-state index contributed by atoms with van der Waals surface area (Å²) in [5.74, 6) is -0.639. The van der Waals surface area contributed by atoms with Crippen molar-refractivity contribution in [2.24, 2.45) is 0 Å². The van der Waals surface area contributed by atoms with E-state index in [0.29, 0.717) is 0 Å². The minimum Gasteiger partial charge on any atom is -0.367 e. The SMILES string of the molecule is CC(C)(C)OC(CC([NH])=O)c1cncc(-c2ccccc2)c1. The van der Waals surface area contributed by atoms with E-state index < -0.39 is 17.6 Å². The average molecular weight is 297 g/mol. The van der Waals surface area contributed by atoms with E-state index in [1.165, 1.54) is 0 Å². The topological polar surface area (TPSA) is 63.0 Å². The predicted molar refractivity (Wildman–Crippen MR) is 86.0 cm³/mol. The number of pyridine rings is 1. The largest absolute Gasteiger partial charge is 0.367 e. The lowest BCUT2D eigenvalue weighted by atomic mass is 10.0. The highest BCUT2D eigenvalue weighted by atomic mass is 16.5. The minimum atomic E-state index is -0.639. The quantitative estimate of drug-likeness (QED) is 0.843. The Morgan fingerprint density at radius 2 is 1.86 bits per heavy atom. The standard InChI is InChI=1S/C18H21N2O2/c1-18(2,3)22-16(10-17(19)21)15-9-14(11-20-12-15)13-7-5-4-6-8-13/h4-9,11-12,16,19H,10H2,1-3H3. The molecule has 115 valence electrons. The Morgan fingerprint density at radius 1 is 1.18 bits per heavy atom. The first-order chi connectivity index (χ1) is 10.3. The van der Waals surface area contributed by atoms with Gasteiger partial charge in [-0.2, -0.15) is 0 Å². The fourth-order valence-corrected chi connectivity index (χ4v) is 2.25. The van der Waals surface area contributed by atoms with Gasteiger partial charge in [0.15, 0.2) is 0 Å². The first kappa shape index (κ1) is 16.2. The van der Waals surface area contributed by atoms with Crippen LogP contribution in [-0.2, 0) is 9.53 Å². The van der Waals surface area contributed by atoms with Crippen molar-refractivity contribution in [2.75, 3.05) is 0 Å². The zero-order valence-corrected chi connectivity index (χ0v) is 13.2. The summed E-state index contributed by atoms with van der Waals surface area (Å²) >= 11 is 0. The number of carbonyl (C=O) groups excluding carboxylic acids is 1. The highest BCUT2D eigenvalue weighted by Gasteiger charge is 2.23. The van der Waals surface area contributed by atoms with E-state index in [1.54, 1.807) is 12.4 Å². The second-order valence-corrected chi connectivity index (χ2v) is 6.22. The number of benzene rings is 1. The zero-order valence-electron chi connectivity index (χ0n) is 13.2. The van der Waals surface area contributed by atoms with E-state index in [9.17, 15) is 4.79 Å². The summed E-state index contributed by atoms with van der Waals surface area (Å²) in [6.45, 7) is 5.80. The maximum atomic E-state index is 11.2. The summed E-state index contributed by atoms with van der Waals surface area (Å²) in [6, 6.07) is 11.9. The third-order valence-electron chi connectivity index (χ3n) is 3.10. The van der Waals surface area contributed by atoms with Gasteiger partial charge in [-0.15, -0.1) is 0 Å². The van der Waals surface area contributed by atoms with Crippen molar-refractivity contribution in [3.05, 3.63) is 54.4 Å². The molecular formula is C18H21N2O2. The molecule has 1 aromatic heterocycles. The molecule has 0 spiro atoms. The van der Waals surface area contributed by atoms with E-state index in [4.69, 9.17) is 10.5 Å². The predicted octanol–water partition coefficient (Wildman–Crippen LogP) is 3.80. The Hall–Kier alpha value is -2.20. The van der Waals surface area contributed by atoms with Crippen LogP contribution < -0.4 is 5.73 Å². The third-order valence-corrected chi connectivity index (χ3v) is 3.10. The van der Waals surface area contributed by atoms with Crippen LogP contribution in [0.4, 0.5) is 0 Å².